The average Bonchev–Trinajstić information content (AvgIpc) is 2.67. The summed E-state index contributed by atoms with van der Waals surface area (Å²) in [5.74, 6) is -0.821. The van der Waals surface area contributed by atoms with Crippen molar-refractivity contribution in [1.82, 2.24) is 0 Å². The van der Waals surface area contributed by atoms with Crippen LogP contribution < -0.4 is 0 Å². The maximum absolute atomic E-state index is 12.7. The second-order valence-electron chi connectivity index (χ2n) is 5.60. The third-order valence-electron chi connectivity index (χ3n) is 3.93. The number of aromatic hydroxyl groups is 1. The zero-order chi connectivity index (χ0) is 17.8. The van der Waals surface area contributed by atoms with Gasteiger partial charge in [0.1, 0.15) is 11.9 Å². The summed E-state index contributed by atoms with van der Waals surface area (Å²) in [6, 6.07) is 20.8. The Morgan fingerprint density at radius 3 is 1.92 bits per heavy atom. The number of aliphatic hydroxyl groups excluding tert-OH is 1. The molecule has 0 heterocycles. The molecule has 0 amide bonds. The van der Waals surface area contributed by atoms with E-state index in [2.05, 4.69) is 0 Å². The van der Waals surface area contributed by atoms with Gasteiger partial charge in [-0.05, 0) is 29.8 Å². The number of Topliss-reactive ketones (excluding diaryl/α,β-unsaturated/α-hetero) is 1. The van der Waals surface area contributed by atoms with Gasteiger partial charge < -0.3 is 10.2 Å². The molecule has 4 heteroatoms. The van der Waals surface area contributed by atoms with E-state index >= 15 is 0 Å². The van der Waals surface area contributed by atoms with Gasteiger partial charge in [-0.15, -0.1) is 0 Å². The minimum absolute atomic E-state index is 0.0559. The van der Waals surface area contributed by atoms with E-state index in [4.69, 9.17) is 0 Å². The van der Waals surface area contributed by atoms with E-state index < -0.39 is 11.9 Å². The van der Waals surface area contributed by atoms with Crippen LogP contribution in [-0.2, 0) is 0 Å². The van der Waals surface area contributed by atoms with Crippen LogP contribution in [0.25, 0.3) is 0 Å². The summed E-state index contributed by atoms with van der Waals surface area (Å²) in [6.45, 7) is 0. The molecule has 0 bridgehead atoms. The maximum atomic E-state index is 12.7. The van der Waals surface area contributed by atoms with E-state index in [1.54, 1.807) is 48.5 Å². The van der Waals surface area contributed by atoms with Crippen LogP contribution in [0.15, 0.2) is 78.9 Å². The minimum Gasteiger partial charge on any atom is -0.508 e. The van der Waals surface area contributed by atoms with Gasteiger partial charge in [0.2, 0.25) is 0 Å². The van der Waals surface area contributed by atoms with E-state index in [-0.39, 0.29) is 22.7 Å². The highest BCUT2D eigenvalue weighted by molar-refractivity contribution is 6.16. The quantitative estimate of drug-likeness (QED) is 0.701. The van der Waals surface area contributed by atoms with Crippen molar-refractivity contribution in [3.8, 4) is 5.75 Å². The first kappa shape index (κ1) is 16.6. The van der Waals surface area contributed by atoms with Crippen LogP contribution in [0.2, 0.25) is 0 Å². The fourth-order valence-corrected chi connectivity index (χ4v) is 2.60. The molecule has 0 aliphatic heterocycles. The fourth-order valence-electron chi connectivity index (χ4n) is 2.60. The number of hydrogen-bond acceptors (Lipinski definition) is 4. The van der Waals surface area contributed by atoms with E-state index in [0.29, 0.717) is 11.1 Å². The monoisotopic (exact) mass is 332 g/mol. The molecule has 4 nitrogen and oxygen atoms in total. The molecule has 3 rings (SSSR count). The summed E-state index contributed by atoms with van der Waals surface area (Å²) in [4.78, 5) is 25.4. The second kappa shape index (κ2) is 7.11. The number of carbonyl (C=O) groups excluding carboxylic acids is 2. The Kier molecular flexibility index (Phi) is 4.73. The maximum Gasteiger partial charge on any atom is 0.196 e. The van der Waals surface area contributed by atoms with Crippen molar-refractivity contribution >= 4 is 11.6 Å². The summed E-state index contributed by atoms with van der Waals surface area (Å²) < 4.78 is 0. The molecule has 0 aliphatic rings. The molecule has 1 atom stereocenters. The Morgan fingerprint density at radius 2 is 1.28 bits per heavy atom. The molecule has 0 aliphatic carbocycles. The molecule has 0 fully saturated rings. The highest BCUT2D eigenvalue weighted by Crippen LogP contribution is 2.23. The lowest BCUT2D eigenvalue weighted by Gasteiger charge is -2.13. The molecular weight excluding hydrogens is 316 g/mol. The average molecular weight is 332 g/mol. The molecule has 0 spiro atoms. The SMILES string of the molecule is O=C(c1ccc(O)cc1)c1ccccc1C(=O)C(O)c1ccccc1. The Bertz CT molecular complexity index is 899. The lowest BCUT2D eigenvalue weighted by molar-refractivity contribution is 0.0744. The van der Waals surface area contributed by atoms with Crippen molar-refractivity contribution < 1.29 is 19.8 Å². The van der Waals surface area contributed by atoms with E-state index in [9.17, 15) is 19.8 Å². The Balaban J connectivity index is 1.97. The van der Waals surface area contributed by atoms with Gasteiger partial charge in [-0.25, -0.2) is 0 Å². The van der Waals surface area contributed by atoms with Crippen LogP contribution in [0, 0.1) is 0 Å². The summed E-state index contributed by atoms with van der Waals surface area (Å²) in [5.41, 5.74) is 1.21. The Morgan fingerprint density at radius 1 is 0.720 bits per heavy atom. The molecule has 1 unspecified atom stereocenters. The van der Waals surface area contributed by atoms with Crippen molar-refractivity contribution in [3.05, 3.63) is 101 Å². The number of phenolic OH excluding ortho intramolecular Hbond substituents is 1. The van der Waals surface area contributed by atoms with Crippen LogP contribution in [0.5, 0.6) is 5.75 Å². The summed E-state index contributed by atoms with van der Waals surface area (Å²) in [6.07, 6.45) is -1.34. The third-order valence-corrected chi connectivity index (χ3v) is 3.93. The normalized spacial score (nSPS) is 11.7. The molecule has 0 aromatic heterocycles. The molecule has 25 heavy (non-hydrogen) atoms. The van der Waals surface area contributed by atoms with E-state index in [1.165, 1.54) is 30.3 Å². The Labute approximate surface area is 145 Å². The van der Waals surface area contributed by atoms with Gasteiger partial charge in [-0.3, -0.25) is 9.59 Å². The molecule has 124 valence electrons. The first-order valence-electron chi connectivity index (χ1n) is 7.78. The molecule has 3 aromatic rings. The number of aliphatic hydroxyl groups is 1. The van der Waals surface area contributed by atoms with Crippen LogP contribution in [0.4, 0.5) is 0 Å². The predicted molar refractivity (Wildman–Crippen MR) is 93.7 cm³/mol. The van der Waals surface area contributed by atoms with Gasteiger partial charge in [0.25, 0.3) is 0 Å². The van der Waals surface area contributed by atoms with Gasteiger partial charge in [0, 0.05) is 16.7 Å². The molecule has 2 N–H and O–H groups in total. The van der Waals surface area contributed by atoms with Crippen molar-refractivity contribution in [2.45, 2.75) is 6.10 Å². The standard InChI is InChI=1S/C21H16O4/c22-16-12-10-15(11-13-16)19(23)17-8-4-5-9-18(17)21(25)20(24)14-6-2-1-3-7-14/h1-13,20,22,24H. The topological polar surface area (TPSA) is 74.6 Å². The van der Waals surface area contributed by atoms with Crippen LogP contribution in [0.3, 0.4) is 0 Å². The third kappa shape index (κ3) is 3.49. The highest BCUT2D eigenvalue weighted by atomic mass is 16.3. The van der Waals surface area contributed by atoms with Gasteiger partial charge in [0.15, 0.2) is 11.6 Å². The largest absolute Gasteiger partial charge is 0.508 e. The van der Waals surface area contributed by atoms with E-state index in [1.807, 2.05) is 0 Å². The lowest BCUT2D eigenvalue weighted by atomic mass is 9.92. The fraction of sp³-hybridized carbons (Fsp3) is 0.0476. The van der Waals surface area contributed by atoms with Gasteiger partial charge in [0.05, 0.1) is 0 Å². The molecule has 0 saturated carbocycles. The smallest absolute Gasteiger partial charge is 0.196 e. The van der Waals surface area contributed by atoms with Gasteiger partial charge >= 0.3 is 0 Å². The second-order valence-corrected chi connectivity index (χ2v) is 5.60. The van der Waals surface area contributed by atoms with E-state index in [0.717, 1.165) is 0 Å². The molecule has 3 aromatic carbocycles. The van der Waals surface area contributed by atoms with Crippen molar-refractivity contribution in [2.75, 3.05) is 0 Å². The lowest BCUT2D eigenvalue weighted by Crippen LogP contribution is -2.16. The van der Waals surface area contributed by atoms with Gasteiger partial charge in [-0.1, -0.05) is 54.6 Å². The van der Waals surface area contributed by atoms with Crippen LogP contribution >= 0.6 is 0 Å². The molecule has 0 saturated heterocycles. The number of phenols is 1. The number of benzene rings is 3. The van der Waals surface area contributed by atoms with Crippen molar-refractivity contribution in [2.24, 2.45) is 0 Å². The van der Waals surface area contributed by atoms with Crippen LogP contribution in [0.1, 0.15) is 37.9 Å². The molecule has 0 radical (unpaired) electrons. The zero-order valence-corrected chi connectivity index (χ0v) is 13.3. The minimum atomic E-state index is -1.34. The van der Waals surface area contributed by atoms with Crippen molar-refractivity contribution in [3.63, 3.8) is 0 Å². The highest BCUT2D eigenvalue weighted by Gasteiger charge is 2.24. The number of hydrogen-bond donors (Lipinski definition) is 2. The van der Waals surface area contributed by atoms with Crippen LogP contribution in [-0.4, -0.2) is 21.8 Å². The molecular formula is C21H16O4. The summed E-state index contributed by atoms with van der Waals surface area (Å²) in [7, 11) is 0. The Hall–Kier alpha value is -3.24. The first-order valence-corrected chi connectivity index (χ1v) is 7.78. The predicted octanol–water partition coefficient (Wildman–Crippen LogP) is 3.54. The summed E-state index contributed by atoms with van der Waals surface area (Å²) in [5, 5.41) is 19.7. The number of rotatable bonds is 5. The first-order chi connectivity index (χ1) is 12.1. The summed E-state index contributed by atoms with van der Waals surface area (Å²) >= 11 is 0. The zero-order valence-electron chi connectivity index (χ0n) is 13.3. The van der Waals surface area contributed by atoms with Crippen molar-refractivity contribution in [1.29, 1.82) is 0 Å². The number of ketones is 2. The number of carbonyl (C=O) groups is 2. The van der Waals surface area contributed by atoms with Gasteiger partial charge in [-0.2, -0.15) is 0 Å².